The second-order valence-corrected chi connectivity index (χ2v) is 5.56. The molecule has 1 fully saturated rings. The molecule has 0 aliphatic heterocycles. The van der Waals surface area contributed by atoms with Crippen molar-refractivity contribution in [2.24, 2.45) is 5.73 Å². The van der Waals surface area contributed by atoms with Gasteiger partial charge in [0.15, 0.2) is 0 Å². The third-order valence-electron chi connectivity index (χ3n) is 4.08. The van der Waals surface area contributed by atoms with Crippen molar-refractivity contribution in [2.45, 2.75) is 38.1 Å². The summed E-state index contributed by atoms with van der Waals surface area (Å²) >= 11 is 0. The molecule has 4 nitrogen and oxygen atoms in total. The van der Waals surface area contributed by atoms with Crippen LogP contribution in [0.1, 0.15) is 37.7 Å². The summed E-state index contributed by atoms with van der Waals surface area (Å²) < 4.78 is 5.75. The highest BCUT2D eigenvalue weighted by Crippen LogP contribution is 2.21. The van der Waals surface area contributed by atoms with E-state index in [4.69, 9.17) is 15.9 Å². The number of hydrogen-bond acceptors (Lipinski definition) is 3. The number of nitrogens with one attached hydrogen (secondary N) is 1. The normalized spacial score (nSPS) is 16.3. The van der Waals surface area contributed by atoms with E-state index in [9.17, 15) is 0 Å². The van der Waals surface area contributed by atoms with Gasteiger partial charge in [0.25, 0.3) is 0 Å². The molecule has 1 aromatic rings. The number of rotatable bonds is 6. The SMILES string of the molecule is CN(CCOc1ccc(C(=N)N)cc1)C1CCCCC1. The van der Waals surface area contributed by atoms with E-state index in [1.807, 2.05) is 24.3 Å². The number of nitrogens with zero attached hydrogens (tertiary/aromatic N) is 1. The van der Waals surface area contributed by atoms with Gasteiger partial charge in [-0.15, -0.1) is 0 Å². The maximum Gasteiger partial charge on any atom is 0.122 e. The minimum Gasteiger partial charge on any atom is -0.492 e. The minimum absolute atomic E-state index is 0.0913. The molecule has 1 aromatic carbocycles. The first-order valence-electron chi connectivity index (χ1n) is 7.44. The van der Waals surface area contributed by atoms with Gasteiger partial charge >= 0.3 is 0 Å². The molecule has 2 rings (SSSR count). The van der Waals surface area contributed by atoms with Gasteiger partial charge in [0, 0.05) is 18.2 Å². The number of hydrogen-bond donors (Lipinski definition) is 2. The minimum atomic E-state index is 0.0913. The molecule has 1 aliphatic carbocycles. The molecule has 0 heterocycles. The van der Waals surface area contributed by atoms with Crippen LogP contribution in [0.25, 0.3) is 0 Å². The lowest BCUT2D eigenvalue weighted by Gasteiger charge is -2.31. The summed E-state index contributed by atoms with van der Waals surface area (Å²) in [6, 6.07) is 8.12. The molecule has 0 saturated heterocycles. The average Bonchev–Trinajstić information content (AvgIpc) is 2.48. The van der Waals surface area contributed by atoms with Gasteiger partial charge < -0.3 is 15.4 Å². The Morgan fingerprint density at radius 3 is 2.50 bits per heavy atom. The first-order valence-corrected chi connectivity index (χ1v) is 7.44. The van der Waals surface area contributed by atoms with Crippen LogP contribution in [-0.2, 0) is 0 Å². The number of amidine groups is 1. The number of nitrogens with two attached hydrogens (primary N) is 1. The maximum absolute atomic E-state index is 7.34. The molecule has 110 valence electrons. The van der Waals surface area contributed by atoms with Crippen LogP contribution < -0.4 is 10.5 Å². The molecule has 0 unspecified atom stereocenters. The maximum atomic E-state index is 7.34. The van der Waals surface area contributed by atoms with E-state index < -0.39 is 0 Å². The van der Waals surface area contributed by atoms with E-state index >= 15 is 0 Å². The Labute approximate surface area is 121 Å². The molecule has 3 N–H and O–H groups in total. The fraction of sp³-hybridized carbons (Fsp3) is 0.562. The lowest BCUT2D eigenvalue weighted by atomic mass is 9.94. The Hall–Kier alpha value is -1.55. The van der Waals surface area contributed by atoms with Crippen LogP contribution in [0.2, 0.25) is 0 Å². The number of benzene rings is 1. The predicted octanol–water partition coefficient (Wildman–Crippen LogP) is 2.61. The van der Waals surface area contributed by atoms with E-state index in [0.29, 0.717) is 6.61 Å². The molecular formula is C16H25N3O. The van der Waals surface area contributed by atoms with Gasteiger partial charge in [0.2, 0.25) is 0 Å². The van der Waals surface area contributed by atoms with Crippen molar-refractivity contribution in [3.63, 3.8) is 0 Å². The van der Waals surface area contributed by atoms with E-state index in [1.54, 1.807) is 0 Å². The van der Waals surface area contributed by atoms with Gasteiger partial charge in [-0.05, 0) is 44.2 Å². The van der Waals surface area contributed by atoms with Crippen LogP contribution in [0, 0.1) is 5.41 Å². The zero-order chi connectivity index (χ0) is 14.4. The Balaban J connectivity index is 1.73. The Kier molecular flexibility index (Phi) is 5.41. The van der Waals surface area contributed by atoms with E-state index in [0.717, 1.165) is 23.9 Å². The first-order chi connectivity index (χ1) is 9.66. The van der Waals surface area contributed by atoms with Gasteiger partial charge in [0.1, 0.15) is 18.2 Å². The Morgan fingerprint density at radius 1 is 1.25 bits per heavy atom. The summed E-state index contributed by atoms with van der Waals surface area (Å²) in [7, 11) is 2.19. The van der Waals surface area contributed by atoms with Crippen molar-refractivity contribution < 1.29 is 4.74 Å². The summed E-state index contributed by atoms with van der Waals surface area (Å²) in [6.07, 6.45) is 6.77. The topological polar surface area (TPSA) is 62.3 Å². The van der Waals surface area contributed by atoms with E-state index in [2.05, 4.69) is 11.9 Å². The third kappa shape index (κ3) is 4.23. The molecular weight excluding hydrogens is 250 g/mol. The average molecular weight is 275 g/mol. The van der Waals surface area contributed by atoms with Gasteiger partial charge in [-0.1, -0.05) is 19.3 Å². The number of nitrogen functional groups attached to an aromatic ring is 1. The monoisotopic (exact) mass is 275 g/mol. The fourth-order valence-corrected chi connectivity index (χ4v) is 2.74. The zero-order valence-corrected chi connectivity index (χ0v) is 12.3. The predicted molar refractivity (Wildman–Crippen MR) is 82.5 cm³/mol. The van der Waals surface area contributed by atoms with Gasteiger partial charge in [-0.3, -0.25) is 5.41 Å². The summed E-state index contributed by atoms with van der Waals surface area (Å²) in [6.45, 7) is 1.66. The van der Waals surface area contributed by atoms with Crippen molar-refractivity contribution in [1.82, 2.24) is 4.90 Å². The van der Waals surface area contributed by atoms with Crippen molar-refractivity contribution in [3.8, 4) is 5.75 Å². The molecule has 1 saturated carbocycles. The van der Waals surface area contributed by atoms with Crippen LogP contribution in [0.3, 0.4) is 0 Å². The third-order valence-corrected chi connectivity index (χ3v) is 4.08. The molecule has 0 bridgehead atoms. The van der Waals surface area contributed by atoms with Crippen molar-refractivity contribution in [3.05, 3.63) is 29.8 Å². The summed E-state index contributed by atoms with van der Waals surface area (Å²) in [5.74, 6) is 0.931. The van der Waals surface area contributed by atoms with Crippen molar-refractivity contribution >= 4 is 5.84 Å². The van der Waals surface area contributed by atoms with Crippen molar-refractivity contribution in [2.75, 3.05) is 20.2 Å². The smallest absolute Gasteiger partial charge is 0.122 e. The standard InChI is InChI=1S/C16H25N3O/c1-19(14-5-3-2-4-6-14)11-12-20-15-9-7-13(8-10-15)16(17)18/h7-10,14H,2-6,11-12H2,1H3,(H3,17,18). The van der Waals surface area contributed by atoms with Gasteiger partial charge in [-0.2, -0.15) is 0 Å². The Morgan fingerprint density at radius 2 is 1.90 bits per heavy atom. The van der Waals surface area contributed by atoms with Gasteiger partial charge in [0.05, 0.1) is 0 Å². The molecule has 0 atom stereocenters. The van der Waals surface area contributed by atoms with Crippen molar-refractivity contribution in [1.29, 1.82) is 5.41 Å². The van der Waals surface area contributed by atoms with E-state index in [-0.39, 0.29) is 5.84 Å². The second-order valence-electron chi connectivity index (χ2n) is 5.56. The highest BCUT2D eigenvalue weighted by molar-refractivity contribution is 5.94. The molecule has 0 amide bonds. The van der Waals surface area contributed by atoms with Crippen LogP contribution >= 0.6 is 0 Å². The largest absolute Gasteiger partial charge is 0.492 e. The first kappa shape index (κ1) is 14.9. The quantitative estimate of drug-likeness (QED) is 0.619. The molecule has 20 heavy (non-hydrogen) atoms. The van der Waals surface area contributed by atoms with Crippen LogP contribution in [-0.4, -0.2) is 37.0 Å². The van der Waals surface area contributed by atoms with E-state index in [1.165, 1.54) is 32.1 Å². The van der Waals surface area contributed by atoms with Crippen LogP contribution in [0.15, 0.2) is 24.3 Å². The Bertz CT molecular complexity index is 424. The highest BCUT2D eigenvalue weighted by Gasteiger charge is 2.17. The molecule has 0 aromatic heterocycles. The lowest BCUT2D eigenvalue weighted by Crippen LogP contribution is -2.36. The summed E-state index contributed by atoms with van der Waals surface area (Å²) in [5.41, 5.74) is 6.16. The summed E-state index contributed by atoms with van der Waals surface area (Å²) in [4.78, 5) is 2.42. The molecule has 4 heteroatoms. The highest BCUT2D eigenvalue weighted by atomic mass is 16.5. The van der Waals surface area contributed by atoms with Crippen LogP contribution in [0.4, 0.5) is 0 Å². The zero-order valence-electron chi connectivity index (χ0n) is 12.3. The number of likely N-dealkylation sites (N-methyl/N-ethyl adjacent to an activating group) is 1. The number of ether oxygens (including phenoxy) is 1. The van der Waals surface area contributed by atoms with Gasteiger partial charge in [-0.25, -0.2) is 0 Å². The fourth-order valence-electron chi connectivity index (χ4n) is 2.74. The molecule has 1 aliphatic rings. The lowest BCUT2D eigenvalue weighted by molar-refractivity contribution is 0.160. The summed E-state index contributed by atoms with van der Waals surface area (Å²) in [5, 5.41) is 7.34. The molecule has 0 spiro atoms. The molecule has 0 radical (unpaired) electrons. The van der Waals surface area contributed by atoms with Crippen LogP contribution in [0.5, 0.6) is 5.75 Å². The second kappa shape index (κ2) is 7.29.